The van der Waals surface area contributed by atoms with Gasteiger partial charge in [0, 0.05) is 23.7 Å². The Balaban J connectivity index is 0. The van der Waals surface area contributed by atoms with E-state index in [4.69, 9.17) is 0 Å². The first-order chi connectivity index (χ1) is 6.14. The summed E-state index contributed by atoms with van der Waals surface area (Å²) in [6, 6.07) is 0.564. The van der Waals surface area contributed by atoms with Crippen LogP contribution in [0, 0.1) is 0 Å². The summed E-state index contributed by atoms with van der Waals surface area (Å²) in [4.78, 5) is 0. The molecule has 0 aliphatic carbocycles. The summed E-state index contributed by atoms with van der Waals surface area (Å²) in [5, 5.41) is 7.15. The fourth-order valence-electron chi connectivity index (χ4n) is 1.34. The third-order valence-electron chi connectivity index (χ3n) is 2.01. The van der Waals surface area contributed by atoms with Gasteiger partial charge < -0.3 is 10.6 Å². The van der Waals surface area contributed by atoms with E-state index in [-0.39, 0.29) is 35.0 Å². The molecule has 1 atom stereocenters. The van der Waals surface area contributed by atoms with Crippen molar-refractivity contribution < 1.29 is 0 Å². The molecule has 0 aliphatic rings. The Morgan fingerprint density at radius 3 is 1.67 bits per heavy atom. The summed E-state index contributed by atoms with van der Waals surface area (Å²) < 4.78 is 0. The van der Waals surface area contributed by atoms with Crippen molar-refractivity contribution in [3.8, 4) is 0 Å². The molecule has 0 aromatic carbocycles. The summed E-state index contributed by atoms with van der Waals surface area (Å²) in [7, 11) is 0. The van der Waals surface area contributed by atoms with Crippen LogP contribution in [0.5, 0.6) is 0 Å². The molecule has 0 aromatic rings. The Bertz CT molecular complexity index is 156. The molecular weight excluding hydrogens is 291 g/mol. The van der Waals surface area contributed by atoms with Crippen LogP contribution in [-0.4, -0.2) is 47.6 Å². The molecule has 92 valence electrons. The molecule has 0 heterocycles. The van der Waals surface area contributed by atoms with Crippen molar-refractivity contribution in [1.29, 1.82) is 0 Å². The number of nitrogens with one attached hydrogen (secondary N) is 2. The van der Waals surface area contributed by atoms with E-state index in [0.29, 0.717) is 6.04 Å². The van der Waals surface area contributed by atoms with E-state index >= 15 is 0 Å². The molecule has 0 aliphatic heterocycles. The second-order valence-corrected chi connectivity index (χ2v) is 6.13. The minimum atomic E-state index is 0. The number of hydrogen-bond acceptors (Lipinski definition) is 2. The van der Waals surface area contributed by atoms with E-state index in [0.717, 1.165) is 6.54 Å². The third kappa shape index (κ3) is 12.7. The number of rotatable bonds is 4. The second-order valence-electron chi connectivity index (χ2n) is 6.13. The predicted molar refractivity (Wildman–Crippen MR) is 73.3 cm³/mol. The minimum absolute atomic E-state index is 0. The molecule has 15 heavy (non-hydrogen) atoms. The Labute approximate surface area is 113 Å². The number of hydrogen-bond donors (Lipinski definition) is 2. The molecule has 3 heteroatoms. The average molecular weight is 321 g/mol. The van der Waals surface area contributed by atoms with Crippen molar-refractivity contribution in [2.75, 3.05) is 6.54 Å². The molecule has 0 rings (SSSR count). The van der Waals surface area contributed by atoms with Gasteiger partial charge in [-0.2, -0.15) is 0 Å². The van der Waals surface area contributed by atoms with Gasteiger partial charge in [0.1, 0.15) is 0 Å². The first-order valence-electron chi connectivity index (χ1n) is 5.67. The Morgan fingerprint density at radius 1 is 0.933 bits per heavy atom. The van der Waals surface area contributed by atoms with Crippen molar-refractivity contribution in [1.82, 2.24) is 10.6 Å². The van der Waals surface area contributed by atoms with Gasteiger partial charge in [-0.1, -0.05) is 6.92 Å². The molecule has 0 amide bonds. The molecule has 0 spiro atoms. The first kappa shape index (κ1) is 18.1. The standard InChI is InChI=1S/C12H28N2.Sn.2H/c1-8-10(14-12(5,6)7)9-13-11(2,3)4;;;/h10,13-14H,8-9H2,1-7H3;;;. The monoisotopic (exact) mass is 322 g/mol. The van der Waals surface area contributed by atoms with Gasteiger partial charge in [0.15, 0.2) is 0 Å². The predicted octanol–water partition coefficient (Wildman–Crippen LogP) is 1.62. The van der Waals surface area contributed by atoms with Gasteiger partial charge in [0.05, 0.1) is 0 Å². The van der Waals surface area contributed by atoms with E-state index in [9.17, 15) is 0 Å². The van der Waals surface area contributed by atoms with E-state index in [1.54, 1.807) is 0 Å². The van der Waals surface area contributed by atoms with Crippen LogP contribution in [0.1, 0.15) is 54.9 Å². The summed E-state index contributed by atoms with van der Waals surface area (Å²) in [5.74, 6) is 0. The van der Waals surface area contributed by atoms with Crippen LogP contribution in [0.4, 0.5) is 0 Å². The van der Waals surface area contributed by atoms with Gasteiger partial charge in [-0.05, 0) is 48.0 Å². The molecular formula is C12H30N2Sn. The van der Waals surface area contributed by atoms with Gasteiger partial charge >= 0.3 is 23.9 Å². The van der Waals surface area contributed by atoms with Crippen molar-refractivity contribution in [3.63, 3.8) is 0 Å². The summed E-state index contributed by atoms with van der Waals surface area (Å²) >= 11 is 0. The topological polar surface area (TPSA) is 24.1 Å². The molecule has 0 saturated carbocycles. The van der Waals surface area contributed by atoms with E-state index in [2.05, 4.69) is 59.1 Å². The maximum atomic E-state index is 3.62. The normalized spacial score (nSPS) is 14.6. The molecule has 2 N–H and O–H groups in total. The van der Waals surface area contributed by atoms with Gasteiger partial charge in [0.2, 0.25) is 0 Å². The zero-order valence-electron chi connectivity index (χ0n) is 11.7. The van der Waals surface area contributed by atoms with Crippen LogP contribution in [-0.2, 0) is 0 Å². The van der Waals surface area contributed by atoms with E-state index < -0.39 is 0 Å². The summed E-state index contributed by atoms with van der Waals surface area (Å²) in [6.45, 7) is 16.5. The fraction of sp³-hybridized carbons (Fsp3) is 1.00. The van der Waals surface area contributed by atoms with Crippen LogP contribution >= 0.6 is 0 Å². The molecule has 2 radical (unpaired) electrons. The van der Waals surface area contributed by atoms with Crippen LogP contribution in [0.3, 0.4) is 0 Å². The maximum absolute atomic E-state index is 3.62. The fourth-order valence-corrected chi connectivity index (χ4v) is 1.34. The van der Waals surface area contributed by atoms with Gasteiger partial charge in [-0.15, -0.1) is 0 Å². The van der Waals surface area contributed by atoms with E-state index in [1.165, 1.54) is 6.42 Å². The third-order valence-corrected chi connectivity index (χ3v) is 2.01. The van der Waals surface area contributed by atoms with E-state index in [1.807, 2.05) is 0 Å². The van der Waals surface area contributed by atoms with Crippen molar-refractivity contribution in [3.05, 3.63) is 0 Å². The zero-order valence-corrected chi connectivity index (χ0v) is 15.7. The Morgan fingerprint density at radius 2 is 1.40 bits per heavy atom. The van der Waals surface area contributed by atoms with Gasteiger partial charge in [-0.25, -0.2) is 0 Å². The zero-order chi connectivity index (χ0) is 11.4. The summed E-state index contributed by atoms with van der Waals surface area (Å²) in [5.41, 5.74) is 0.424. The first-order valence-corrected chi connectivity index (χ1v) is 5.67. The molecule has 0 fully saturated rings. The van der Waals surface area contributed by atoms with Crippen LogP contribution < -0.4 is 10.6 Å². The summed E-state index contributed by atoms with van der Waals surface area (Å²) in [6.07, 6.45) is 1.17. The average Bonchev–Trinajstić information content (AvgIpc) is 1.94. The molecule has 0 bridgehead atoms. The SMILES string of the molecule is CCC(CNC(C)(C)C)NC(C)(C)C.[SnH2]. The van der Waals surface area contributed by atoms with Crippen molar-refractivity contribution in [2.24, 2.45) is 0 Å². The molecule has 0 aromatic heterocycles. The van der Waals surface area contributed by atoms with Gasteiger partial charge in [0.25, 0.3) is 0 Å². The molecule has 2 nitrogen and oxygen atoms in total. The molecule has 0 saturated heterocycles. The van der Waals surface area contributed by atoms with Crippen LogP contribution in [0.15, 0.2) is 0 Å². The Hall–Kier alpha value is 0.719. The molecule has 1 unspecified atom stereocenters. The van der Waals surface area contributed by atoms with Crippen LogP contribution in [0.2, 0.25) is 0 Å². The quantitative estimate of drug-likeness (QED) is 0.769. The van der Waals surface area contributed by atoms with Gasteiger partial charge in [-0.3, -0.25) is 0 Å². The van der Waals surface area contributed by atoms with Crippen LogP contribution in [0.25, 0.3) is 0 Å². The van der Waals surface area contributed by atoms with Crippen molar-refractivity contribution >= 4 is 23.9 Å². The van der Waals surface area contributed by atoms with Crippen molar-refractivity contribution in [2.45, 2.75) is 72.0 Å². The second kappa shape index (κ2) is 7.12. The Kier molecular flexibility index (Phi) is 8.59.